The molecule has 0 saturated carbocycles. The zero-order valence-corrected chi connectivity index (χ0v) is 14.3. The number of piperazine rings is 1. The summed E-state index contributed by atoms with van der Waals surface area (Å²) in [6, 6.07) is 10.2. The Bertz CT molecular complexity index is 740. The molecule has 1 heterocycles. The highest BCUT2D eigenvalue weighted by atomic mass is 19.4. The number of alkyl halides is 3. The van der Waals surface area contributed by atoms with Crippen molar-refractivity contribution in [3.63, 3.8) is 0 Å². The highest BCUT2D eigenvalue weighted by molar-refractivity contribution is 5.39. The number of hydrogen-bond donors (Lipinski definition) is 1. The second kappa shape index (κ2) is 7.63. The Morgan fingerprint density at radius 3 is 2.31 bits per heavy atom. The summed E-state index contributed by atoms with van der Waals surface area (Å²) in [6.45, 7) is 5.05. The van der Waals surface area contributed by atoms with Crippen molar-refractivity contribution in [1.29, 1.82) is 0 Å². The Labute approximate surface area is 149 Å². The number of benzene rings is 2. The third-order valence-electron chi connectivity index (χ3n) is 4.48. The van der Waals surface area contributed by atoms with Crippen LogP contribution in [-0.4, -0.2) is 37.4 Å². The fraction of sp³-hybridized carbons (Fsp3) is 0.368. The van der Waals surface area contributed by atoms with Crippen LogP contribution in [-0.2, 0) is 0 Å². The first kappa shape index (κ1) is 18.7. The van der Waals surface area contributed by atoms with Gasteiger partial charge in [0, 0.05) is 26.2 Å². The van der Waals surface area contributed by atoms with E-state index in [4.69, 9.17) is 0 Å². The Morgan fingerprint density at radius 2 is 1.69 bits per heavy atom. The third kappa shape index (κ3) is 4.53. The van der Waals surface area contributed by atoms with Gasteiger partial charge in [0.15, 0.2) is 0 Å². The number of nitrogens with one attached hydrogen (secondary N) is 1. The fourth-order valence-corrected chi connectivity index (χ4v) is 3.29. The van der Waals surface area contributed by atoms with E-state index in [1.54, 1.807) is 18.2 Å². The van der Waals surface area contributed by atoms with Crippen LogP contribution in [0.4, 0.5) is 17.6 Å². The van der Waals surface area contributed by atoms with Gasteiger partial charge in [0.2, 0.25) is 0 Å². The third-order valence-corrected chi connectivity index (χ3v) is 4.48. The minimum absolute atomic E-state index is 0.229. The second-order valence-electron chi connectivity index (χ2n) is 6.31. The molecule has 26 heavy (non-hydrogen) atoms. The minimum atomic E-state index is -4.72. The molecule has 0 unspecified atom stereocenters. The van der Waals surface area contributed by atoms with Crippen LogP contribution in [0.1, 0.15) is 22.7 Å². The molecule has 0 aliphatic carbocycles. The van der Waals surface area contributed by atoms with Crippen LogP contribution in [0.15, 0.2) is 42.5 Å². The molecule has 0 bridgehead atoms. The molecule has 3 rings (SSSR count). The average molecular weight is 368 g/mol. The fourth-order valence-electron chi connectivity index (χ4n) is 3.29. The number of ether oxygens (including phenoxy) is 1. The van der Waals surface area contributed by atoms with Gasteiger partial charge in [0.05, 0.1) is 6.04 Å². The largest absolute Gasteiger partial charge is 0.573 e. The van der Waals surface area contributed by atoms with E-state index < -0.39 is 6.36 Å². The molecule has 0 radical (unpaired) electrons. The summed E-state index contributed by atoms with van der Waals surface area (Å²) < 4.78 is 54.9. The number of halogens is 4. The van der Waals surface area contributed by atoms with Crippen molar-refractivity contribution in [3.05, 3.63) is 65.0 Å². The van der Waals surface area contributed by atoms with Crippen molar-refractivity contribution >= 4 is 0 Å². The SMILES string of the molecule is Cc1ccc(F)cc1[C@H](c1ccc(OC(F)(F)F)cc1)N1CCNCC1. The van der Waals surface area contributed by atoms with Gasteiger partial charge in [-0.25, -0.2) is 4.39 Å². The molecule has 2 aromatic carbocycles. The van der Waals surface area contributed by atoms with Crippen molar-refractivity contribution in [2.45, 2.75) is 19.3 Å². The maximum atomic E-state index is 13.9. The van der Waals surface area contributed by atoms with Crippen molar-refractivity contribution in [1.82, 2.24) is 10.2 Å². The van der Waals surface area contributed by atoms with E-state index in [2.05, 4.69) is 15.0 Å². The van der Waals surface area contributed by atoms with Gasteiger partial charge < -0.3 is 10.1 Å². The van der Waals surface area contributed by atoms with E-state index in [0.717, 1.165) is 42.9 Å². The van der Waals surface area contributed by atoms with Crippen LogP contribution < -0.4 is 10.1 Å². The highest BCUT2D eigenvalue weighted by Gasteiger charge is 2.31. The minimum Gasteiger partial charge on any atom is -0.406 e. The molecule has 1 aliphatic heterocycles. The topological polar surface area (TPSA) is 24.5 Å². The molecule has 7 heteroatoms. The van der Waals surface area contributed by atoms with Crippen LogP contribution >= 0.6 is 0 Å². The van der Waals surface area contributed by atoms with E-state index in [1.807, 2.05) is 6.92 Å². The smallest absolute Gasteiger partial charge is 0.406 e. The lowest BCUT2D eigenvalue weighted by molar-refractivity contribution is -0.274. The first-order valence-corrected chi connectivity index (χ1v) is 8.40. The lowest BCUT2D eigenvalue weighted by atomic mass is 9.93. The van der Waals surface area contributed by atoms with Crippen LogP contribution in [0.2, 0.25) is 0 Å². The summed E-state index contributed by atoms with van der Waals surface area (Å²) in [6.07, 6.45) is -4.72. The average Bonchev–Trinajstić information content (AvgIpc) is 2.59. The van der Waals surface area contributed by atoms with E-state index >= 15 is 0 Å². The van der Waals surface area contributed by atoms with Gasteiger partial charge in [-0.1, -0.05) is 18.2 Å². The zero-order valence-electron chi connectivity index (χ0n) is 14.3. The summed E-state index contributed by atoms with van der Waals surface area (Å²) in [4.78, 5) is 2.21. The lowest BCUT2D eigenvalue weighted by Gasteiger charge is -2.36. The van der Waals surface area contributed by atoms with Gasteiger partial charge in [0.25, 0.3) is 0 Å². The molecule has 1 saturated heterocycles. The molecule has 2 aromatic rings. The molecule has 3 nitrogen and oxygen atoms in total. The van der Waals surface area contributed by atoms with Gasteiger partial charge in [-0.2, -0.15) is 0 Å². The molecule has 1 atom stereocenters. The number of aryl methyl sites for hydroxylation is 1. The van der Waals surface area contributed by atoms with E-state index in [-0.39, 0.29) is 17.6 Å². The number of hydrogen-bond acceptors (Lipinski definition) is 3. The highest BCUT2D eigenvalue weighted by Crippen LogP contribution is 2.33. The van der Waals surface area contributed by atoms with Crippen molar-refractivity contribution in [2.75, 3.05) is 26.2 Å². The molecular weight excluding hydrogens is 348 g/mol. The van der Waals surface area contributed by atoms with Crippen LogP contribution in [0.5, 0.6) is 5.75 Å². The molecule has 0 aromatic heterocycles. The Morgan fingerprint density at radius 1 is 1.04 bits per heavy atom. The quantitative estimate of drug-likeness (QED) is 0.825. The predicted octanol–water partition coefficient (Wildman–Crippen LogP) is 4.03. The maximum Gasteiger partial charge on any atom is 0.573 e. The normalized spacial score (nSPS) is 17.1. The van der Waals surface area contributed by atoms with Gasteiger partial charge >= 0.3 is 6.36 Å². The van der Waals surface area contributed by atoms with E-state index in [1.165, 1.54) is 24.3 Å². The first-order chi connectivity index (χ1) is 12.3. The van der Waals surface area contributed by atoms with Crippen LogP contribution in [0.25, 0.3) is 0 Å². The monoisotopic (exact) mass is 368 g/mol. The summed E-state index contributed by atoms with van der Waals surface area (Å²) in [5.74, 6) is -0.598. The lowest BCUT2D eigenvalue weighted by Crippen LogP contribution is -2.45. The summed E-state index contributed by atoms with van der Waals surface area (Å²) in [7, 11) is 0. The molecule has 140 valence electrons. The van der Waals surface area contributed by atoms with Gasteiger partial charge in [-0.05, 0) is 47.9 Å². The standard InChI is InChI=1S/C19H20F4N2O/c1-13-2-5-15(20)12-17(13)18(25-10-8-24-9-11-25)14-3-6-16(7-4-14)26-19(21,22)23/h2-7,12,18,24H,8-11H2,1H3/t18-/m0/s1. The number of rotatable bonds is 4. The summed E-state index contributed by atoms with van der Waals surface area (Å²) in [5, 5.41) is 3.27. The van der Waals surface area contributed by atoms with E-state index in [0.29, 0.717) is 0 Å². The van der Waals surface area contributed by atoms with Gasteiger partial charge in [-0.15, -0.1) is 13.2 Å². The van der Waals surface area contributed by atoms with Crippen LogP contribution in [0, 0.1) is 12.7 Å². The number of nitrogens with zero attached hydrogens (tertiary/aromatic N) is 1. The Balaban J connectivity index is 1.96. The molecule has 1 N–H and O–H groups in total. The van der Waals surface area contributed by atoms with Crippen molar-refractivity contribution in [2.24, 2.45) is 0 Å². The molecule has 0 amide bonds. The molecule has 1 fully saturated rings. The first-order valence-electron chi connectivity index (χ1n) is 8.40. The van der Waals surface area contributed by atoms with E-state index in [9.17, 15) is 17.6 Å². The zero-order chi connectivity index (χ0) is 18.7. The van der Waals surface area contributed by atoms with Gasteiger partial charge in [-0.3, -0.25) is 4.90 Å². The second-order valence-corrected chi connectivity index (χ2v) is 6.31. The summed E-state index contributed by atoms with van der Waals surface area (Å²) in [5.41, 5.74) is 2.55. The Hall–Kier alpha value is -2.12. The molecule has 0 spiro atoms. The Kier molecular flexibility index (Phi) is 5.48. The van der Waals surface area contributed by atoms with Crippen molar-refractivity contribution in [3.8, 4) is 5.75 Å². The van der Waals surface area contributed by atoms with Crippen molar-refractivity contribution < 1.29 is 22.3 Å². The summed E-state index contributed by atoms with van der Waals surface area (Å²) >= 11 is 0. The van der Waals surface area contributed by atoms with Crippen LogP contribution in [0.3, 0.4) is 0 Å². The predicted molar refractivity (Wildman–Crippen MR) is 90.5 cm³/mol. The maximum absolute atomic E-state index is 13.9. The van der Waals surface area contributed by atoms with Gasteiger partial charge in [0.1, 0.15) is 11.6 Å². The molecular formula is C19H20F4N2O. The molecule has 1 aliphatic rings.